The van der Waals surface area contributed by atoms with Crippen molar-refractivity contribution >= 4 is 32.3 Å². The maximum absolute atomic E-state index is 2.53. The van der Waals surface area contributed by atoms with Crippen LogP contribution in [0.15, 0.2) is 48.5 Å². The smallest absolute Gasteiger partial charge is 0.00238 e. The molecule has 0 nitrogen and oxygen atoms in total. The summed E-state index contributed by atoms with van der Waals surface area (Å²) in [5, 5.41) is 8.81. The molecule has 0 atom stereocenters. The summed E-state index contributed by atoms with van der Waals surface area (Å²) in [5.41, 5.74) is 3.18. The fourth-order valence-electron chi connectivity index (χ4n) is 11.2. The normalized spacial score (nSPS) is 13.8. The number of rotatable bonds is 14. The summed E-state index contributed by atoms with van der Waals surface area (Å²) in [6.45, 7) is 39.5. The highest BCUT2D eigenvalue weighted by molar-refractivity contribution is 6.24. The Morgan fingerprint density at radius 3 is 0.717 bits per heavy atom. The lowest BCUT2D eigenvalue weighted by Gasteiger charge is -2.43. The van der Waals surface area contributed by atoms with Gasteiger partial charge in [0, 0.05) is 0 Å². The molecule has 0 aliphatic heterocycles. The fraction of sp³-hybridized carbons (Fsp3) is 0.652. The molecule has 0 saturated heterocycles. The van der Waals surface area contributed by atoms with Crippen molar-refractivity contribution in [3.63, 3.8) is 0 Å². The van der Waals surface area contributed by atoms with E-state index in [9.17, 15) is 0 Å². The van der Waals surface area contributed by atoms with Crippen LogP contribution in [0.25, 0.3) is 32.3 Å². The van der Waals surface area contributed by atoms with Crippen LogP contribution < -0.4 is 0 Å². The Labute approximate surface area is 284 Å². The lowest BCUT2D eigenvalue weighted by Crippen LogP contribution is -2.34. The average molecular weight is 623 g/mol. The highest BCUT2D eigenvalue weighted by Gasteiger charge is 2.40. The first-order chi connectivity index (χ1) is 21.5. The van der Waals surface area contributed by atoms with Crippen LogP contribution in [0.1, 0.15) is 134 Å². The molecule has 0 aromatic heterocycles. The van der Waals surface area contributed by atoms with Crippen molar-refractivity contribution in [1.29, 1.82) is 0 Å². The summed E-state index contributed by atoms with van der Waals surface area (Å²) in [5.74, 6) is 8.59. The molecule has 0 saturated carbocycles. The van der Waals surface area contributed by atoms with E-state index in [1.807, 2.05) is 0 Å². The van der Waals surface area contributed by atoms with Crippen LogP contribution in [0.2, 0.25) is 0 Å². The molecule has 0 aliphatic rings. The van der Waals surface area contributed by atoms with Gasteiger partial charge in [0.25, 0.3) is 0 Å². The Balaban J connectivity index is 2.13. The molecule has 254 valence electrons. The van der Waals surface area contributed by atoms with E-state index in [0.29, 0.717) is 82.9 Å². The molecular formula is C46H70. The minimum absolute atomic E-state index is 0.523. The predicted molar refractivity (Wildman–Crippen MR) is 208 cm³/mol. The minimum Gasteiger partial charge on any atom is -0.0625 e. The van der Waals surface area contributed by atoms with Gasteiger partial charge in [-0.2, -0.15) is 0 Å². The Bertz CT molecular complexity index is 1350. The van der Waals surface area contributed by atoms with Crippen LogP contribution in [0.4, 0.5) is 0 Å². The van der Waals surface area contributed by atoms with Crippen LogP contribution in [-0.2, 0) is 0 Å². The third-order valence-electron chi connectivity index (χ3n) is 12.3. The van der Waals surface area contributed by atoms with Crippen molar-refractivity contribution in [2.24, 2.45) is 71.0 Å². The summed E-state index contributed by atoms with van der Waals surface area (Å²) in [6.07, 6.45) is 0. The van der Waals surface area contributed by atoms with Crippen molar-refractivity contribution in [1.82, 2.24) is 0 Å². The van der Waals surface area contributed by atoms with Crippen molar-refractivity contribution in [3.05, 3.63) is 59.7 Å². The summed E-state index contributed by atoms with van der Waals surface area (Å²) in [6, 6.07) is 19.9. The fourth-order valence-corrected chi connectivity index (χ4v) is 11.2. The first-order valence-electron chi connectivity index (χ1n) is 19.2. The van der Waals surface area contributed by atoms with Crippen molar-refractivity contribution in [3.8, 4) is 0 Å². The molecule has 0 unspecified atom stereocenters. The molecular weight excluding hydrogens is 553 g/mol. The van der Waals surface area contributed by atoms with Gasteiger partial charge in [0.2, 0.25) is 0 Å². The summed E-state index contributed by atoms with van der Waals surface area (Å²) in [4.78, 5) is 0. The van der Waals surface area contributed by atoms with Gasteiger partial charge in [-0.3, -0.25) is 0 Å². The maximum Gasteiger partial charge on any atom is -0.00238 e. The highest BCUT2D eigenvalue weighted by Crippen LogP contribution is 2.52. The van der Waals surface area contributed by atoms with Crippen molar-refractivity contribution in [2.75, 3.05) is 0 Å². The van der Waals surface area contributed by atoms with E-state index in [4.69, 9.17) is 0 Å². The van der Waals surface area contributed by atoms with Crippen LogP contribution >= 0.6 is 0 Å². The summed E-state index contributed by atoms with van der Waals surface area (Å²) >= 11 is 0. The van der Waals surface area contributed by atoms with E-state index in [-0.39, 0.29) is 0 Å². The Morgan fingerprint density at radius 2 is 0.500 bits per heavy atom. The van der Waals surface area contributed by atoms with Gasteiger partial charge in [0.15, 0.2) is 0 Å². The molecule has 0 radical (unpaired) electrons. The molecule has 0 spiro atoms. The molecule has 4 rings (SSSR count). The van der Waals surface area contributed by atoms with Crippen LogP contribution in [-0.4, -0.2) is 0 Å². The quantitative estimate of drug-likeness (QED) is 0.123. The lowest BCUT2D eigenvalue weighted by molar-refractivity contribution is 0.127. The molecule has 0 amide bonds. The number of benzene rings is 4. The third kappa shape index (κ3) is 6.76. The van der Waals surface area contributed by atoms with Gasteiger partial charge in [0.05, 0.1) is 0 Å². The average Bonchev–Trinajstić information content (AvgIpc) is 2.93. The molecule has 0 heterocycles. The van der Waals surface area contributed by atoms with E-state index in [1.165, 1.54) is 32.3 Å². The second-order valence-corrected chi connectivity index (χ2v) is 18.0. The molecule has 0 bridgehead atoms. The van der Waals surface area contributed by atoms with E-state index >= 15 is 0 Å². The molecule has 0 aliphatic carbocycles. The molecule has 0 N–H and O–H groups in total. The van der Waals surface area contributed by atoms with Crippen molar-refractivity contribution in [2.45, 2.75) is 123 Å². The summed E-state index contributed by atoms with van der Waals surface area (Å²) in [7, 11) is 0. The SMILES string of the molecule is CC(C)C(C(C)C)C(c1ccc2ccc3c(C(C(C(C)C)C(C)C)C(C(C)C)C(C)C)ccc4ccc1c2c43)C(C(C)C)C(C)C. The van der Waals surface area contributed by atoms with Crippen molar-refractivity contribution < 1.29 is 0 Å². The van der Waals surface area contributed by atoms with Gasteiger partial charge >= 0.3 is 0 Å². The highest BCUT2D eigenvalue weighted by atomic mass is 14.4. The van der Waals surface area contributed by atoms with Gasteiger partial charge < -0.3 is 0 Å². The minimum atomic E-state index is 0.523. The topological polar surface area (TPSA) is 0 Å². The molecule has 4 aromatic carbocycles. The zero-order chi connectivity index (χ0) is 34.4. The van der Waals surface area contributed by atoms with Gasteiger partial charge in [-0.1, -0.05) is 159 Å². The van der Waals surface area contributed by atoms with Crippen LogP contribution in [0.5, 0.6) is 0 Å². The molecule has 46 heavy (non-hydrogen) atoms. The lowest BCUT2D eigenvalue weighted by atomic mass is 9.61. The number of hydrogen-bond donors (Lipinski definition) is 0. The Hall–Kier alpha value is -2.08. The zero-order valence-electron chi connectivity index (χ0n) is 32.7. The van der Waals surface area contributed by atoms with E-state index < -0.39 is 0 Å². The first-order valence-corrected chi connectivity index (χ1v) is 19.2. The van der Waals surface area contributed by atoms with E-state index in [2.05, 4.69) is 159 Å². The van der Waals surface area contributed by atoms with Crippen LogP contribution in [0.3, 0.4) is 0 Å². The van der Waals surface area contributed by atoms with Gasteiger partial charge in [-0.25, -0.2) is 0 Å². The second kappa shape index (κ2) is 14.6. The summed E-state index contributed by atoms with van der Waals surface area (Å²) < 4.78 is 0. The van der Waals surface area contributed by atoms with E-state index in [1.54, 1.807) is 11.1 Å². The first kappa shape index (κ1) is 36.8. The Morgan fingerprint density at radius 1 is 0.283 bits per heavy atom. The molecule has 0 heteroatoms. The van der Waals surface area contributed by atoms with Gasteiger partial charge in [-0.05, 0) is 126 Å². The van der Waals surface area contributed by atoms with Gasteiger partial charge in [0.1, 0.15) is 0 Å². The standard InChI is InChI=1S/C46H70/c1-25(2)39(26(3)4)45(40(27(5)6)28(7)8)37-23-19-33-18-22-36-38(24-20-34-17-21-35(37)43(33)44(34)36)46(41(29(9)10)30(11)12)42(31(13)14)32(15)16/h17-32,39-42,45-46H,1-16H3. The Kier molecular flexibility index (Phi) is 11.6. The second-order valence-electron chi connectivity index (χ2n) is 18.0. The van der Waals surface area contributed by atoms with Crippen LogP contribution in [0, 0.1) is 71.0 Å². The monoisotopic (exact) mass is 623 g/mol. The maximum atomic E-state index is 2.53. The largest absolute Gasteiger partial charge is 0.0625 e. The number of hydrogen-bond acceptors (Lipinski definition) is 0. The molecule has 4 aromatic rings. The predicted octanol–water partition coefficient (Wildman–Crippen LogP) is 14.5. The molecule has 0 fully saturated rings. The van der Waals surface area contributed by atoms with Gasteiger partial charge in [-0.15, -0.1) is 0 Å². The zero-order valence-corrected chi connectivity index (χ0v) is 32.7. The van der Waals surface area contributed by atoms with E-state index in [0.717, 1.165) is 0 Å². The third-order valence-corrected chi connectivity index (χ3v) is 12.3.